The van der Waals surface area contributed by atoms with Gasteiger partial charge in [-0.2, -0.15) is 11.8 Å². The van der Waals surface area contributed by atoms with Gasteiger partial charge in [0, 0.05) is 25.0 Å². The van der Waals surface area contributed by atoms with Crippen LogP contribution in [0.2, 0.25) is 0 Å². The van der Waals surface area contributed by atoms with Crippen molar-refractivity contribution in [2.24, 2.45) is 11.8 Å². The molecule has 0 radical (unpaired) electrons. The second-order valence-electron chi connectivity index (χ2n) is 9.99. The highest BCUT2D eigenvalue weighted by Crippen LogP contribution is 2.61. The summed E-state index contributed by atoms with van der Waals surface area (Å²) in [5.41, 5.74) is 4.57. The third kappa shape index (κ3) is 3.54. The predicted molar refractivity (Wildman–Crippen MR) is 134 cm³/mol. The summed E-state index contributed by atoms with van der Waals surface area (Å²) in [6, 6.07) is 15.6. The zero-order valence-electron chi connectivity index (χ0n) is 19.8. The Hall–Kier alpha value is -2.64. The van der Waals surface area contributed by atoms with Crippen LogP contribution >= 0.6 is 11.8 Å². The highest BCUT2D eigenvalue weighted by Gasteiger charge is 2.62. The van der Waals surface area contributed by atoms with Crippen LogP contribution in [0.4, 0.5) is 0 Å². The average molecular weight is 491 g/mol. The van der Waals surface area contributed by atoms with Gasteiger partial charge in [-0.25, -0.2) is 0 Å². The molecule has 2 saturated heterocycles. The fourth-order valence-electron chi connectivity index (χ4n) is 6.75. The van der Waals surface area contributed by atoms with E-state index in [1.165, 1.54) is 4.90 Å². The van der Waals surface area contributed by atoms with Crippen LogP contribution in [-0.2, 0) is 19.1 Å². The highest BCUT2D eigenvalue weighted by atomic mass is 32.2. The summed E-state index contributed by atoms with van der Waals surface area (Å²) in [5.74, 6) is -1.19. The van der Waals surface area contributed by atoms with Crippen LogP contribution in [0.1, 0.15) is 53.4 Å². The van der Waals surface area contributed by atoms with Crippen molar-refractivity contribution in [2.45, 2.75) is 43.2 Å². The minimum Gasteiger partial charge on any atom is -0.376 e. The lowest BCUT2D eigenvalue weighted by Gasteiger charge is -2.45. The molecule has 4 atom stereocenters. The van der Waals surface area contributed by atoms with Gasteiger partial charge in [0.15, 0.2) is 0 Å². The van der Waals surface area contributed by atoms with E-state index in [1.807, 2.05) is 30.5 Å². The van der Waals surface area contributed by atoms with E-state index >= 15 is 0 Å². The maximum Gasteiger partial charge on any atom is 0.243 e. The molecule has 0 saturated carbocycles. The van der Waals surface area contributed by atoms with Gasteiger partial charge in [0.1, 0.15) is 6.04 Å². The fourth-order valence-corrected chi connectivity index (χ4v) is 7.21. The zero-order valence-corrected chi connectivity index (χ0v) is 20.6. The van der Waals surface area contributed by atoms with Crippen molar-refractivity contribution in [3.05, 3.63) is 70.8 Å². The van der Waals surface area contributed by atoms with Crippen LogP contribution in [0, 0.1) is 11.8 Å². The molecule has 182 valence electrons. The van der Waals surface area contributed by atoms with Crippen molar-refractivity contribution < 1.29 is 19.1 Å². The van der Waals surface area contributed by atoms with Gasteiger partial charge in [-0.1, -0.05) is 48.5 Å². The first-order chi connectivity index (χ1) is 17.1. The van der Waals surface area contributed by atoms with E-state index in [0.29, 0.717) is 25.3 Å². The second-order valence-corrected chi connectivity index (χ2v) is 11.0. The Balaban J connectivity index is 1.35. The molecule has 2 aliphatic heterocycles. The molecule has 2 fully saturated rings. The molecule has 6 nitrogen and oxygen atoms in total. The largest absolute Gasteiger partial charge is 0.376 e. The van der Waals surface area contributed by atoms with E-state index in [1.54, 1.807) is 11.8 Å². The van der Waals surface area contributed by atoms with E-state index in [-0.39, 0.29) is 35.7 Å². The molecular formula is C28H30N2O4S. The Labute approximate surface area is 209 Å². The van der Waals surface area contributed by atoms with Crippen LogP contribution in [0.3, 0.4) is 0 Å². The van der Waals surface area contributed by atoms with Crippen LogP contribution in [0.5, 0.6) is 0 Å². The normalized spacial score (nSPS) is 29.1. The fraction of sp³-hybridized carbons (Fsp3) is 0.464. The molecule has 0 spiro atoms. The van der Waals surface area contributed by atoms with Crippen molar-refractivity contribution in [1.82, 2.24) is 10.2 Å². The number of nitrogens with zero attached hydrogens (tertiary/aromatic N) is 1. The molecule has 2 bridgehead atoms. The number of nitrogens with one attached hydrogen (secondary N) is 1. The molecule has 2 heterocycles. The number of likely N-dealkylation sites (tertiary alicyclic amines) is 1. The summed E-state index contributed by atoms with van der Waals surface area (Å²) in [6.45, 7) is 1.13. The van der Waals surface area contributed by atoms with Gasteiger partial charge < -0.3 is 10.1 Å². The summed E-state index contributed by atoms with van der Waals surface area (Å²) >= 11 is 1.62. The first-order valence-corrected chi connectivity index (χ1v) is 13.9. The number of rotatable bonds is 7. The second kappa shape index (κ2) is 9.10. The van der Waals surface area contributed by atoms with Crippen molar-refractivity contribution in [1.29, 1.82) is 0 Å². The van der Waals surface area contributed by atoms with E-state index < -0.39 is 17.9 Å². The minimum atomic E-state index is -0.792. The maximum absolute atomic E-state index is 14.0. The van der Waals surface area contributed by atoms with E-state index in [0.717, 1.165) is 35.1 Å². The van der Waals surface area contributed by atoms with Gasteiger partial charge in [0.2, 0.25) is 17.7 Å². The predicted octanol–water partition coefficient (Wildman–Crippen LogP) is 3.30. The van der Waals surface area contributed by atoms with Crippen LogP contribution in [-0.4, -0.2) is 59.9 Å². The summed E-state index contributed by atoms with van der Waals surface area (Å²) in [4.78, 5) is 42.8. The summed E-state index contributed by atoms with van der Waals surface area (Å²) in [7, 11) is 0. The quantitative estimate of drug-likeness (QED) is 0.603. The van der Waals surface area contributed by atoms with E-state index in [9.17, 15) is 14.4 Å². The van der Waals surface area contributed by atoms with Gasteiger partial charge in [-0.15, -0.1) is 0 Å². The van der Waals surface area contributed by atoms with Gasteiger partial charge in [0.05, 0.1) is 17.9 Å². The number of ether oxygens (including phenoxy) is 1. The molecular weight excluding hydrogens is 460 g/mol. The topological polar surface area (TPSA) is 75.7 Å². The lowest BCUT2D eigenvalue weighted by Crippen LogP contribution is -2.51. The highest BCUT2D eigenvalue weighted by molar-refractivity contribution is 7.98. The number of hydrogen-bond donors (Lipinski definition) is 1. The lowest BCUT2D eigenvalue weighted by atomic mass is 9.55. The van der Waals surface area contributed by atoms with Crippen LogP contribution < -0.4 is 5.32 Å². The molecule has 2 aromatic carbocycles. The first kappa shape index (κ1) is 22.8. The van der Waals surface area contributed by atoms with Gasteiger partial charge in [0.25, 0.3) is 0 Å². The average Bonchev–Trinajstić information content (AvgIpc) is 3.50. The zero-order chi connectivity index (χ0) is 24.1. The summed E-state index contributed by atoms with van der Waals surface area (Å²) in [6.07, 6.45) is 4.34. The lowest BCUT2D eigenvalue weighted by molar-refractivity contribution is -0.148. The van der Waals surface area contributed by atoms with Crippen molar-refractivity contribution in [2.75, 3.05) is 25.2 Å². The first-order valence-electron chi connectivity index (χ1n) is 12.5. The SMILES string of the molecule is CSCC[C@H](C(=O)NC[C@@H]1CCCO1)N1C(=O)[C@H]2C3c4ccccc4C(c4ccccc43)[C@@H]2C1=O. The van der Waals surface area contributed by atoms with Crippen molar-refractivity contribution in [3.8, 4) is 0 Å². The molecule has 5 aliphatic rings. The number of carbonyl (C=O) groups excluding carboxylic acids is 3. The summed E-state index contributed by atoms with van der Waals surface area (Å²) < 4.78 is 5.65. The molecule has 7 heteroatoms. The third-order valence-corrected chi connectivity index (χ3v) is 8.86. The smallest absolute Gasteiger partial charge is 0.243 e. The molecule has 3 aliphatic carbocycles. The monoisotopic (exact) mass is 490 g/mol. The maximum atomic E-state index is 14.0. The third-order valence-electron chi connectivity index (χ3n) is 8.22. The van der Waals surface area contributed by atoms with Gasteiger partial charge >= 0.3 is 0 Å². The number of amides is 3. The number of imide groups is 1. The molecule has 3 amide bonds. The number of benzene rings is 2. The Morgan fingerprint density at radius 3 is 2.00 bits per heavy atom. The molecule has 2 aromatic rings. The van der Waals surface area contributed by atoms with E-state index in [4.69, 9.17) is 4.74 Å². The molecule has 0 aromatic heterocycles. The Morgan fingerprint density at radius 1 is 1.00 bits per heavy atom. The van der Waals surface area contributed by atoms with Crippen LogP contribution in [0.15, 0.2) is 48.5 Å². The number of carbonyl (C=O) groups is 3. The molecule has 7 rings (SSSR count). The minimum absolute atomic E-state index is 0.00700. The van der Waals surface area contributed by atoms with E-state index in [2.05, 4.69) is 29.6 Å². The van der Waals surface area contributed by atoms with Crippen LogP contribution in [0.25, 0.3) is 0 Å². The van der Waals surface area contributed by atoms with Crippen molar-refractivity contribution in [3.63, 3.8) is 0 Å². The molecule has 35 heavy (non-hydrogen) atoms. The summed E-state index contributed by atoms with van der Waals surface area (Å²) in [5, 5.41) is 2.99. The molecule has 1 N–H and O–H groups in total. The van der Waals surface area contributed by atoms with Gasteiger partial charge in [-0.3, -0.25) is 19.3 Å². The number of thioether (sulfide) groups is 1. The van der Waals surface area contributed by atoms with Crippen molar-refractivity contribution >= 4 is 29.5 Å². The van der Waals surface area contributed by atoms with Gasteiger partial charge in [-0.05, 0) is 53.5 Å². The molecule has 0 unspecified atom stereocenters. The Bertz CT molecular complexity index is 1060. The Morgan fingerprint density at radius 2 is 1.54 bits per heavy atom. The Kier molecular flexibility index (Phi) is 5.93. The number of hydrogen-bond acceptors (Lipinski definition) is 5. The standard InChI is InChI=1S/C28H30N2O4S/c1-35-14-12-21(26(31)29-15-16-7-6-13-34-16)30-27(32)24-22-17-8-2-3-9-18(17)23(25(24)28(30)33)20-11-5-4-10-19(20)22/h2-5,8-11,16,21-25H,6-7,12-15H2,1H3,(H,29,31)/t16-,21+,22?,23?,24-,25-/m0/s1.